The first-order valence-corrected chi connectivity index (χ1v) is 12.5. The molecule has 2 aromatic carbocycles. The second-order valence-electron chi connectivity index (χ2n) is 8.92. The molecular formula is C25H34ClN3S2. The minimum atomic E-state index is 0. The number of hydrogen-bond acceptors (Lipinski definition) is 4. The third-order valence-electron chi connectivity index (χ3n) is 5.99. The van der Waals surface area contributed by atoms with Gasteiger partial charge in [0, 0.05) is 34.5 Å². The molecule has 4 rings (SSSR count). The summed E-state index contributed by atoms with van der Waals surface area (Å²) in [5, 5.41) is 3.46. The summed E-state index contributed by atoms with van der Waals surface area (Å²) >= 11 is 7.60. The Labute approximate surface area is 203 Å². The molecule has 1 saturated heterocycles. The van der Waals surface area contributed by atoms with Crippen molar-refractivity contribution in [1.82, 2.24) is 10.2 Å². The maximum atomic E-state index is 5.73. The molecule has 0 aromatic heterocycles. The van der Waals surface area contributed by atoms with E-state index in [1.807, 2.05) is 11.8 Å². The largest absolute Gasteiger partial charge is 0.376 e. The third-order valence-corrected chi connectivity index (χ3v) is 7.50. The lowest BCUT2D eigenvalue weighted by atomic mass is 10.1. The zero-order valence-corrected chi connectivity index (χ0v) is 21.2. The van der Waals surface area contributed by atoms with E-state index in [9.17, 15) is 0 Å². The molecule has 1 atom stereocenters. The normalized spacial score (nSPS) is 16.5. The number of likely N-dealkylation sites (tertiary alicyclic amines) is 1. The highest BCUT2D eigenvalue weighted by Gasteiger charge is 2.29. The van der Waals surface area contributed by atoms with E-state index < -0.39 is 0 Å². The Bertz CT molecular complexity index is 896. The van der Waals surface area contributed by atoms with E-state index >= 15 is 0 Å². The Kier molecular flexibility index (Phi) is 8.68. The van der Waals surface area contributed by atoms with Gasteiger partial charge in [-0.25, -0.2) is 0 Å². The van der Waals surface area contributed by atoms with E-state index in [-0.39, 0.29) is 12.4 Å². The van der Waals surface area contributed by atoms with Crippen LogP contribution in [0.5, 0.6) is 0 Å². The minimum absolute atomic E-state index is 0. The van der Waals surface area contributed by atoms with E-state index in [4.69, 9.17) is 12.2 Å². The van der Waals surface area contributed by atoms with Crippen molar-refractivity contribution < 1.29 is 0 Å². The second-order valence-corrected chi connectivity index (χ2v) is 10.4. The molecule has 0 bridgehead atoms. The second kappa shape index (κ2) is 11.0. The van der Waals surface area contributed by atoms with Crippen LogP contribution in [0.25, 0.3) is 0 Å². The van der Waals surface area contributed by atoms with Gasteiger partial charge in [0.2, 0.25) is 0 Å². The summed E-state index contributed by atoms with van der Waals surface area (Å²) < 4.78 is 0. The molecule has 0 saturated carbocycles. The van der Waals surface area contributed by atoms with E-state index in [2.05, 4.69) is 78.4 Å². The summed E-state index contributed by atoms with van der Waals surface area (Å²) in [5.74, 6) is 0.679. The Hall–Kier alpha value is -1.27. The first-order valence-electron chi connectivity index (χ1n) is 11.2. The fraction of sp³-hybridized carbons (Fsp3) is 0.480. The zero-order chi connectivity index (χ0) is 21.1. The lowest BCUT2D eigenvalue weighted by molar-refractivity contribution is 0.319. The summed E-state index contributed by atoms with van der Waals surface area (Å²) in [6.45, 7) is 11.3. The first kappa shape index (κ1) is 24.4. The quantitative estimate of drug-likeness (QED) is 0.459. The molecule has 1 fully saturated rings. The Balaban J connectivity index is 0.00000272. The van der Waals surface area contributed by atoms with Gasteiger partial charge in [-0.05, 0) is 69.5 Å². The van der Waals surface area contributed by atoms with Crippen molar-refractivity contribution in [2.45, 2.75) is 55.9 Å². The molecule has 1 N–H and O–H groups in total. The van der Waals surface area contributed by atoms with Gasteiger partial charge in [0.25, 0.3) is 0 Å². The van der Waals surface area contributed by atoms with E-state index in [0.717, 1.165) is 30.1 Å². The average Bonchev–Trinajstić information content (AvgIpc) is 3.24. The molecule has 31 heavy (non-hydrogen) atoms. The summed E-state index contributed by atoms with van der Waals surface area (Å²) in [7, 11) is 0. The molecule has 0 spiro atoms. The van der Waals surface area contributed by atoms with E-state index in [0.29, 0.717) is 12.0 Å². The van der Waals surface area contributed by atoms with Gasteiger partial charge in [-0.3, -0.25) is 0 Å². The molecule has 0 aliphatic carbocycles. The highest BCUT2D eigenvalue weighted by molar-refractivity contribution is 7.99. The van der Waals surface area contributed by atoms with Crippen molar-refractivity contribution in [3.05, 3.63) is 48.0 Å². The van der Waals surface area contributed by atoms with Crippen LogP contribution in [-0.2, 0) is 0 Å². The van der Waals surface area contributed by atoms with Crippen LogP contribution in [-0.4, -0.2) is 42.1 Å². The van der Waals surface area contributed by atoms with Gasteiger partial charge in [0.1, 0.15) is 4.99 Å². The van der Waals surface area contributed by atoms with E-state index in [1.54, 1.807) is 0 Å². The van der Waals surface area contributed by atoms with Gasteiger partial charge < -0.3 is 15.1 Å². The number of anilines is 2. The van der Waals surface area contributed by atoms with E-state index in [1.165, 1.54) is 47.1 Å². The van der Waals surface area contributed by atoms with Crippen molar-refractivity contribution in [1.29, 1.82) is 0 Å². The Morgan fingerprint density at radius 2 is 1.74 bits per heavy atom. The van der Waals surface area contributed by atoms with Crippen LogP contribution in [0, 0.1) is 5.92 Å². The molecule has 6 heteroatoms. The number of para-hydroxylation sites is 1. The van der Waals surface area contributed by atoms with Gasteiger partial charge in [0.15, 0.2) is 0 Å². The van der Waals surface area contributed by atoms with Gasteiger partial charge in [-0.2, -0.15) is 0 Å². The van der Waals surface area contributed by atoms with Crippen molar-refractivity contribution in [2.24, 2.45) is 5.92 Å². The number of thiocarbonyl (C=S) groups is 1. The predicted molar refractivity (Wildman–Crippen MR) is 141 cm³/mol. The summed E-state index contributed by atoms with van der Waals surface area (Å²) in [5.41, 5.74) is 3.72. The number of fused-ring (bicyclic) bond motifs is 2. The van der Waals surface area contributed by atoms with Gasteiger partial charge >= 0.3 is 0 Å². The Morgan fingerprint density at radius 1 is 1.03 bits per heavy atom. The fourth-order valence-electron chi connectivity index (χ4n) is 4.40. The lowest BCUT2D eigenvalue weighted by Gasteiger charge is -2.39. The highest BCUT2D eigenvalue weighted by atomic mass is 35.5. The third kappa shape index (κ3) is 5.75. The molecule has 2 aromatic rings. The average molecular weight is 476 g/mol. The van der Waals surface area contributed by atoms with Crippen LogP contribution < -0.4 is 10.2 Å². The number of nitrogens with one attached hydrogen (secondary N) is 1. The molecule has 0 radical (unpaired) electrons. The van der Waals surface area contributed by atoms with Crippen LogP contribution in [0.3, 0.4) is 0 Å². The van der Waals surface area contributed by atoms with Crippen LogP contribution in [0.4, 0.5) is 11.4 Å². The number of benzene rings is 2. The monoisotopic (exact) mass is 475 g/mol. The molecule has 1 unspecified atom stereocenters. The van der Waals surface area contributed by atoms with Gasteiger partial charge in [0.05, 0.1) is 11.4 Å². The van der Waals surface area contributed by atoms with Crippen molar-refractivity contribution in [2.75, 3.05) is 31.1 Å². The summed E-state index contributed by atoms with van der Waals surface area (Å²) in [4.78, 5) is 8.66. The van der Waals surface area contributed by atoms with Gasteiger partial charge in [-0.15, -0.1) is 12.4 Å². The van der Waals surface area contributed by atoms with Crippen molar-refractivity contribution in [3.8, 4) is 0 Å². The van der Waals surface area contributed by atoms with Crippen LogP contribution >= 0.6 is 36.4 Å². The molecular weight excluding hydrogens is 442 g/mol. The summed E-state index contributed by atoms with van der Waals surface area (Å²) in [6, 6.07) is 15.9. The van der Waals surface area contributed by atoms with Gasteiger partial charge in [-0.1, -0.05) is 56.0 Å². The Morgan fingerprint density at radius 3 is 2.48 bits per heavy atom. The predicted octanol–water partition coefficient (Wildman–Crippen LogP) is 6.51. The maximum Gasteiger partial charge on any atom is 0.106 e. The van der Waals surface area contributed by atoms with Crippen LogP contribution in [0.2, 0.25) is 0 Å². The molecule has 2 heterocycles. The topological polar surface area (TPSA) is 18.5 Å². The van der Waals surface area contributed by atoms with Crippen LogP contribution in [0.15, 0.2) is 52.3 Å². The molecule has 2 aliphatic rings. The van der Waals surface area contributed by atoms with Crippen molar-refractivity contribution in [3.63, 3.8) is 0 Å². The lowest BCUT2D eigenvalue weighted by Crippen LogP contribution is -2.40. The minimum Gasteiger partial charge on any atom is -0.376 e. The molecule has 2 aliphatic heterocycles. The molecule has 3 nitrogen and oxygen atoms in total. The first-order chi connectivity index (χ1) is 14.5. The standard InChI is InChI=1S/C25H33N3S2.ClH/c1-18(2)12-13-26-25(29)20-10-11-24-22(16-20)28(19(3)17-27-14-6-7-15-27)21-8-4-5-9-23(21)30-24;/h4-5,8-11,16,18-19H,6-7,12-15,17H2,1-3H3,(H,26,29);1H. The number of halogens is 1. The fourth-order valence-corrected chi connectivity index (χ4v) is 5.68. The summed E-state index contributed by atoms with van der Waals surface area (Å²) in [6.07, 6.45) is 3.79. The maximum absolute atomic E-state index is 5.73. The number of rotatable bonds is 7. The molecule has 168 valence electrons. The molecule has 0 amide bonds. The SMILES string of the molecule is CC(C)CCNC(=S)c1ccc2c(c1)N(C(C)CN1CCCC1)c1ccccc1S2.Cl. The van der Waals surface area contributed by atoms with Crippen LogP contribution in [0.1, 0.15) is 45.6 Å². The number of hydrogen-bond donors (Lipinski definition) is 1. The smallest absolute Gasteiger partial charge is 0.106 e. The van der Waals surface area contributed by atoms with Crippen molar-refractivity contribution >= 4 is 52.8 Å². The number of nitrogens with zero attached hydrogens (tertiary/aromatic N) is 2. The highest BCUT2D eigenvalue weighted by Crippen LogP contribution is 2.49. The zero-order valence-electron chi connectivity index (χ0n) is 18.8.